The van der Waals surface area contributed by atoms with Crippen LogP contribution in [0.25, 0.3) is 11.4 Å². The summed E-state index contributed by atoms with van der Waals surface area (Å²) in [4.78, 5) is 12.0. The van der Waals surface area contributed by atoms with Gasteiger partial charge in [-0.05, 0) is 19.9 Å². The maximum atomic E-state index is 5.57. The number of furan rings is 1. The van der Waals surface area contributed by atoms with Crippen LogP contribution in [0.4, 0.5) is 5.95 Å². The monoisotopic (exact) mass is 220 g/mol. The van der Waals surface area contributed by atoms with E-state index in [0.717, 1.165) is 5.56 Å². The van der Waals surface area contributed by atoms with Gasteiger partial charge in [0.15, 0.2) is 5.82 Å². The van der Waals surface area contributed by atoms with Crippen molar-refractivity contribution in [1.29, 1.82) is 0 Å². The Kier molecular flexibility index (Phi) is 2.72. The van der Waals surface area contributed by atoms with Crippen LogP contribution in [0, 0.1) is 0 Å². The fourth-order valence-corrected chi connectivity index (χ4v) is 1.16. The fourth-order valence-electron chi connectivity index (χ4n) is 1.16. The molecule has 0 saturated heterocycles. The molecule has 2 aromatic rings. The van der Waals surface area contributed by atoms with E-state index in [1.54, 1.807) is 6.07 Å². The number of nitrogens with two attached hydrogens (primary N) is 1. The predicted molar refractivity (Wildman–Crippen MR) is 57.7 cm³/mol. The zero-order chi connectivity index (χ0) is 11.5. The van der Waals surface area contributed by atoms with Crippen LogP contribution >= 0.6 is 0 Å². The molecule has 0 aliphatic rings. The van der Waals surface area contributed by atoms with Crippen molar-refractivity contribution in [3.8, 4) is 17.4 Å². The summed E-state index contributed by atoms with van der Waals surface area (Å²) >= 11 is 0. The first kappa shape index (κ1) is 10.4. The molecule has 0 spiro atoms. The molecule has 6 nitrogen and oxygen atoms in total. The highest BCUT2D eigenvalue weighted by molar-refractivity contribution is 5.53. The van der Waals surface area contributed by atoms with Crippen LogP contribution in [-0.2, 0) is 0 Å². The highest BCUT2D eigenvalue weighted by Gasteiger charge is 2.09. The number of hydrogen-bond acceptors (Lipinski definition) is 6. The largest absolute Gasteiger partial charge is 0.472 e. The number of hydrogen-bond donors (Lipinski definition) is 1. The van der Waals surface area contributed by atoms with Crippen LogP contribution in [0.3, 0.4) is 0 Å². The van der Waals surface area contributed by atoms with Gasteiger partial charge in [0, 0.05) is 0 Å². The molecule has 0 bridgehead atoms. The minimum atomic E-state index is -0.0148. The highest BCUT2D eigenvalue weighted by Crippen LogP contribution is 2.18. The minimum absolute atomic E-state index is 0.0148. The van der Waals surface area contributed by atoms with Crippen LogP contribution in [0.15, 0.2) is 23.0 Å². The normalized spacial score (nSPS) is 10.7. The van der Waals surface area contributed by atoms with Crippen molar-refractivity contribution in [2.24, 2.45) is 0 Å². The fraction of sp³-hybridized carbons (Fsp3) is 0.300. The summed E-state index contributed by atoms with van der Waals surface area (Å²) in [5, 5.41) is 0. The van der Waals surface area contributed by atoms with Gasteiger partial charge in [0.2, 0.25) is 5.95 Å². The average Bonchev–Trinajstić information content (AvgIpc) is 2.67. The highest BCUT2D eigenvalue weighted by atomic mass is 16.5. The maximum Gasteiger partial charge on any atom is 0.322 e. The summed E-state index contributed by atoms with van der Waals surface area (Å²) in [6, 6.07) is 1.96. The summed E-state index contributed by atoms with van der Waals surface area (Å²) in [5.74, 6) is 0.568. The quantitative estimate of drug-likeness (QED) is 0.843. The molecule has 0 saturated carbocycles. The summed E-state index contributed by atoms with van der Waals surface area (Å²) in [7, 11) is 0. The van der Waals surface area contributed by atoms with Crippen molar-refractivity contribution in [2.45, 2.75) is 20.0 Å². The lowest BCUT2D eigenvalue weighted by Crippen LogP contribution is -2.10. The topological polar surface area (TPSA) is 87.1 Å². The Morgan fingerprint density at radius 1 is 1.31 bits per heavy atom. The van der Waals surface area contributed by atoms with E-state index in [-0.39, 0.29) is 18.1 Å². The third kappa shape index (κ3) is 2.28. The van der Waals surface area contributed by atoms with Crippen molar-refractivity contribution in [2.75, 3.05) is 5.73 Å². The molecule has 0 fully saturated rings. The van der Waals surface area contributed by atoms with Crippen molar-refractivity contribution < 1.29 is 9.15 Å². The lowest BCUT2D eigenvalue weighted by Gasteiger charge is -2.08. The van der Waals surface area contributed by atoms with E-state index >= 15 is 0 Å². The van der Waals surface area contributed by atoms with Crippen molar-refractivity contribution in [3.63, 3.8) is 0 Å². The number of anilines is 1. The van der Waals surface area contributed by atoms with Gasteiger partial charge in [0.1, 0.15) is 6.26 Å². The van der Waals surface area contributed by atoms with E-state index in [0.29, 0.717) is 5.82 Å². The smallest absolute Gasteiger partial charge is 0.322 e. The van der Waals surface area contributed by atoms with Crippen LogP contribution in [0.2, 0.25) is 0 Å². The molecular formula is C10H12N4O2. The third-order valence-corrected chi connectivity index (χ3v) is 1.75. The summed E-state index contributed by atoms with van der Waals surface area (Å²) in [5.41, 5.74) is 6.31. The SMILES string of the molecule is CC(C)Oc1nc(N)nc(-c2ccoc2)n1. The first-order chi connectivity index (χ1) is 7.65. The molecule has 0 aromatic carbocycles. The van der Waals surface area contributed by atoms with E-state index in [4.69, 9.17) is 14.9 Å². The second-order valence-corrected chi connectivity index (χ2v) is 3.48. The van der Waals surface area contributed by atoms with Crippen LogP contribution in [0.5, 0.6) is 6.01 Å². The number of nitrogen functional groups attached to an aromatic ring is 1. The summed E-state index contributed by atoms with van der Waals surface area (Å²) in [6.07, 6.45) is 3.06. The molecule has 84 valence electrons. The van der Waals surface area contributed by atoms with Gasteiger partial charge in [0.25, 0.3) is 0 Å². The lowest BCUT2D eigenvalue weighted by atomic mass is 10.3. The standard InChI is InChI=1S/C10H12N4O2/c1-6(2)16-10-13-8(12-9(11)14-10)7-3-4-15-5-7/h3-6H,1-2H3,(H2,11,12,13,14). The van der Waals surface area contributed by atoms with Crippen LogP contribution in [0.1, 0.15) is 13.8 Å². The van der Waals surface area contributed by atoms with Gasteiger partial charge >= 0.3 is 6.01 Å². The summed E-state index contributed by atoms with van der Waals surface area (Å²) < 4.78 is 10.3. The Bertz CT molecular complexity index is 468. The van der Waals surface area contributed by atoms with Gasteiger partial charge in [-0.3, -0.25) is 0 Å². The molecule has 16 heavy (non-hydrogen) atoms. The number of aromatic nitrogens is 3. The molecule has 2 aromatic heterocycles. The lowest BCUT2D eigenvalue weighted by molar-refractivity contribution is 0.222. The van der Waals surface area contributed by atoms with E-state index < -0.39 is 0 Å². The molecule has 2 heterocycles. The Labute approximate surface area is 92.5 Å². The molecule has 0 aliphatic heterocycles. The second-order valence-electron chi connectivity index (χ2n) is 3.48. The van der Waals surface area contributed by atoms with Crippen molar-refractivity contribution in [3.05, 3.63) is 18.6 Å². The minimum Gasteiger partial charge on any atom is -0.472 e. The molecule has 2 N–H and O–H groups in total. The molecule has 0 amide bonds. The molecule has 0 aliphatic carbocycles. The van der Waals surface area contributed by atoms with Gasteiger partial charge in [-0.1, -0.05) is 0 Å². The van der Waals surface area contributed by atoms with E-state index in [2.05, 4.69) is 15.0 Å². The molecule has 0 unspecified atom stereocenters. The van der Waals surface area contributed by atoms with Crippen molar-refractivity contribution in [1.82, 2.24) is 15.0 Å². The van der Waals surface area contributed by atoms with Gasteiger partial charge in [-0.2, -0.15) is 15.0 Å². The van der Waals surface area contributed by atoms with E-state index in [1.807, 2.05) is 13.8 Å². The average molecular weight is 220 g/mol. The van der Waals surface area contributed by atoms with Gasteiger partial charge in [-0.15, -0.1) is 0 Å². The molecule has 6 heteroatoms. The molecule has 0 atom stereocenters. The molecule has 2 rings (SSSR count). The molecule has 0 radical (unpaired) electrons. The van der Waals surface area contributed by atoms with Crippen LogP contribution < -0.4 is 10.5 Å². The van der Waals surface area contributed by atoms with Crippen molar-refractivity contribution >= 4 is 5.95 Å². The van der Waals surface area contributed by atoms with E-state index in [9.17, 15) is 0 Å². The predicted octanol–water partition coefficient (Wildman–Crippen LogP) is 1.50. The van der Waals surface area contributed by atoms with Gasteiger partial charge in [0.05, 0.1) is 17.9 Å². The maximum absolute atomic E-state index is 5.57. The van der Waals surface area contributed by atoms with E-state index in [1.165, 1.54) is 12.5 Å². The Morgan fingerprint density at radius 2 is 2.12 bits per heavy atom. The second kappa shape index (κ2) is 4.18. The summed E-state index contributed by atoms with van der Waals surface area (Å²) in [6.45, 7) is 3.77. The Balaban J connectivity index is 2.36. The van der Waals surface area contributed by atoms with Gasteiger partial charge < -0.3 is 14.9 Å². The zero-order valence-corrected chi connectivity index (χ0v) is 9.04. The first-order valence-corrected chi connectivity index (χ1v) is 4.86. The van der Waals surface area contributed by atoms with Gasteiger partial charge in [-0.25, -0.2) is 0 Å². The Morgan fingerprint density at radius 3 is 2.75 bits per heavy atom. The Hall–Kier alpha value is -2.11. The third-order valence-electron chi connectivity index (χ3n) is 1.75. The van der Waals surface area contributed by atoms with Crippen LogP contribution in [-0.4, -0.2) is 21.1 Å². The molecular weight excluding hydrogens is 208 g/mol. The first-order valence-electron chi connectivity index (χ1n) is 4.86. The number of ether oxygens (including phenoxy) is 1. The number of nitrogens with zero attached hydrogens (tertiary/aromatic N) is 3. The zero-order valence-electron chi connectivity index (χ0n) is 9.04. The number of rotatable bonds is 3.